The van der Waals surface area contributed by atoms with Gasteiger partial charge >= 0.3 is 0 Å². The van der Waals surface area contributed by atoms with Gasteiger partial charge in [0, 0.05) is 23.8 Å². The van der Waals surface area contributed by atoms with Gasteiger partial charge in [0.1, 0.15) is 0 Å². The molecule has 0 saturated carbocycles. The average molecular weight is 289 g/mol. The number of anilines is 2. The highest BCUT2D eigenvalue weighted by molar-refractivity contribution is 5.60. The van der Waals surface area contributed by atoms with E-state index >= 15 is 0 Å². The van der Waals surface area contributed by atoms with E-state index in [0.717, 1.165) is 11.4 Å². The zero-order chi connectivity index (χ0) is 14.7. The quantitative estimate of drug-likeness (QED) is 0.915. The van der Waals surface area contributed by atoms with Crippen molar-refractivity contribution < 1.29 is 0 Å². The van der Waals surface area contributed by atoms with Gasteiger partial charge in [-0.25, -0.2) is 0 Å². The number of rotatable bonds is 2. The molecule has 5 nitrogen and oxygen atoms in total. The molecule has 0 spiro atoms. The predicted octanol–water partition coefficient (Wildman–Crippen LogP) is 3.35. The average Bonchev–Trinajstić information content (AvgIpc) is 3.05. The fourth-order valence-corrected chi connectivity index (χ4v) is 2.21. The van der Waals surface area contributed by atoms with Crippen LogP contribution in [0.15, 0.2) is 60.9 Å². The van der Waals surface area contributed by atoms with Crippen LogP contribution >= 0.6 is 0 Å². The summed E-state index contributed by atoms with van der Waals surface area (Å²) in [7, 11) is 0. The number of benzene rings is 2. The van der Waals surface area contributed by atoms with Crippen molar-refractivity contribution in [1.29, 1.82) is 10.5 Å². The Morgan fingerprint density at radius 3 is 1.36 bits per heavy atom. The molecule has 1 heterocycles. The van der Waals surface area contributed by atoms with E-state index in [1.807, 2.05) is 60.9 Å². The van der Waals surface area contributed by atoms with Crippen molar-refractivity contribution in [1.82, 2.24) is 6.15 Å². The lowest BCUT2D eigenvalue weighted by molar-refractivity contribution is 0.975. The molecular formula is C17H15N5. The smallest absolute Gasteiger partial charge is 0.0991 e. The van der Waals surface area contributed by atoms with Crippen LogP contribution in [0.5, 0.6) is 0 Å². The van der Waals surface area contributed by atoms with Crippen LogP contribution in [-0.2, 0) is 0 Å². The van der Waals surface area contributed by atoms with E-state index in [0.29, 0.717) is 17.8 Å². The Labute approximate surface area is 129 Å². The van der Waals surface area contributed by atoms with Gasteiger partial charge in [-0.05, 0) is 48.5 Å². The third kappa shape index (κ3) is 2.90. The lowest BCUT2D eigenvalue weighted by Crippen LogP contribution is -2.24. The largest absolute Gasteiger partial charge is 0.344 e. The van der Waals surface area contributed by atoms with Crippen molar-refractivity contribution in [3.8, 4) is 12.1 Å². The summed E-state index contributed by atoms with van der Waals surface area (Å²) in [6.07, 6.45) is 4.00. The van der Waals surface area contributed by atoms with Gasteiger partial charge in [-0.3, -0.25) is 0 Å². The van der Waals surface area contributed by atoms with Gasteiger partial charge in [-0.15, -0.1) is 0 Å². The summed E-state index contributed by atoms with van der Waals surface area (Å²) in [5.41, 5.74) is 3.40. The second-order valence-corrected chi connectivity index (χ2v) is 4.70. The van der Waals surface area contributed by atoms with E-state index in [1.54, 1.807) is 0 Å². The highest BCUT2D eigenvalue weighted by Gasteiger charge is 2.15. The first-order chi connectivity index (χ1) is 10.3. The zero-order valence-corrected chi connectivity index (χ0v) is 12.0. The first-order valence-corrected chi connectivity index (χ1v) is 6.52. The van der Waals surface area contributed by atoms with E-state index in [4.69, 9.17) is 10.5 Å². The van der Waals surface area contributed by atoms with Crippen LogP contribution in [0.4, 0.5) is 11.4 Å². The molecule has 0 aromatic heterocycles. The summed E-state index contributed by atoms with van der Waals surface area (Å²) in [4.78, 5) is 4.19. The molecular weight excluding hydrogens is 274 g/mol. The lowest BCUT2D eigenvalue weighted by atomic mass is 10.2. The van der Waals surface area contributed by atoms with E-state index in [-0.39, 0.29) is 6.15 Å². The van der Waals surface area contributed by atoms with Crippen LogP contribution in [0.3, 0.4) is 0 Å². The minimum Gasteiger partial charge on any atom is -0.344 e. The maximum atomic E-state index is 8.82. The first-order valence-electron chi connectivity index (χ1n) is 6.52. The zero-order valence-electron chi connectivity index (χ0n) is 12.0. The molecule has 22 heavy (non-hydrogen) atoms. The molecule has 0 amide bonds. The Morgan fingerprint density at radius 1 is 0.682 bits per heavy atom. The standard InChI is InChI=1S/C17H12N4.H3N/c18-11-14-1-5-16(6-2-14)20-9-10-21(13-20)17-7-3-15(12-19)4-8-17;/h1-10H,13H2;1H3. The summed E-state index contributed by atoms with van der Waals surface area (Å²) in [6, 6.07) is 19.2. The van der Waals surface area contributed by atoms with Crippen LogP contribution in [0.1, 0.15) is 11.1 Å². The van der Waals surface area contributed by atoms with Crippen molar-refractivity contribution in [2.75, 3.05) is 16.5 Å². The van der Waals surface area contributed by atoms with Crippen molar-refractivity contribution in [2.45, 2.75) is 0 Å². The molecule has 0 saturated heterocycles. The van der Waals surface area contributed by atoms with Gasteiger partial charge in [-0.2, -0.15) is 10.5 Å². The molecule has 0 aliphatic carbocycles. The number of hydrogen-bond donors (Lipinski definition) is 1. The molecule has 0 atom stereocenters. The summed E-state index contributed by atoms with van der Waals surface area (Å²) in [5.74, 6) is 0. The SMILES string of the molecule is N.N#Cc1ccc(N2C=CN(c3ccc(C#N)cc3)C2)cc1. The molecule has 1 aliphatic heterocycles. The topological polar surface area (TPSA) is 89.1 Å². The fraction of sp³-hybridized carbons (Fsp3) is 0.0588. The van der Waals surface area contributed by atoms with Gasteiger partial charge in [0.2, 0.25) is 0 Å². The highest BCUT2D eigenvalue weighted by atomic mass is 15.3. The third-order valence-electron chi connectivity index (χ3n) is 3.39. The Bertz CT molecular complexity index is 682. The van der Waals surface area contributed by atoms with Crippen molar-refractivity contribution in [3.05, 3.63) is 72.1 Å². The fourth-order valence-electron chi connectivity index (χ4n) is 2.21. The van der Waals surface area contributed by atoms with Crippen LogP contribution in [0.2, 0.25) is 0 Å². The molecule has 0 radical (unpaired) electrons. The number of nitrogens with zero attached hydrogens (tertiary/aromatic N) is 4. The van der Waals surface area contributed by atoms with Crippen molar-refractivity contribution in [3.63, 3.8) is 0 Å². The summed E-state index contributed by atoms with van der Waals surface area (Å²) >= 11 is 0. The summed E-state index contributed by atoms with van der Waals surface area (Å²) < 4.78 is 0. The molecule has 3 rings (SSSR count). The van der Waals surface area contributed by atoms with E-state index in [9.17, 15) is 0 Å². The Hall–Kier alpha value is -3.28. The van der Waals surface area contributed by atoms with Gasteiger partial charge in [0.05, 0.1) is 29.9 Å². The number of nitriles is 2. The van der Waals surface area contributed by atoms with Crippen LogP contribution in [0.25, 0.3) is 0 Å². The predicted molar refractivity (Wildman–Crippen MR) is 86.3 cm³/mol. The van der Waals surface area contributed by atoms with Gasteiger partial charge in [-0.1, -0.05) is 0 Å². The summed E-state index contributed by atoms with van der Waals surface area (Å²) in [6.45, 7) is 0.706. The molecule has 108 valence electrons. The molecule has 2 aromatic carbocycles. The molecule has 0 unspecified atom stereocenters. The molecule has 2 aromatic rings. The summed E-state index contributed by atoms with van der Waals surface area (Å²) in [5, 5.41) is 17.6. The Kier molecular flexibility index (Phi) is 4.43. The molecule has 3 N–H and O–H groups in total. The maximum Gasteiger partial charge on any atom is 0.0991 e. The second-order valence-electron chi connectivity index (χ2n) is 4.70. The monoisotopic (exact) mass is 289 g/mol. The normalized spacial score (nSPS) is 12.5. The Morgan fingerprint density at radius 2 is 1.05 bits per heavy atom. The van der Waals surface area contributed by atoms with Gasteiger partial charge in [0.25, 0.3) is 0 Å². The molecule has 5 heteroatoms. The number of hydrogen-bond acceptors (Lipinski definition) is 5. The van der Waals surface area contributed by atoms with E-state index in [2.05, 4.69) is 21.9 Å². The second kappa shape index (κ2) is 6.45. The van der Waals surface area contributed by atoms with Gasteiger partial charge in [0.15, 0.2) is 0 Å². The lowest BCUT2D eigenvalue weighted by Gasteiger charge is -2.21. The minimum absolute atomic E-state index is 0. The van der Waals surface area contributed by atoms with Crippen LogP contribution in [0, 0.1) is 22.7 Å². The first kappa shape index (κ1) is 15.1. The maximum absolute atomic E-state index is 8.82. The van der Waals surface area contributed by atoms with Crippen molar-refractivity contribution >= 4 is 11.4 Å². The third-order valence-corrected chi connectivity index (χ3v) is 3.39. The van der Waals surface area contributed by atoms with Gasteiger partial charge < -0.3 is 16.0 Å². The molecule has 0 fully saturated rings. The minimum atomic E-state index is 0. The van der Waals surface area contributed by atoms with E-state index in [1.165, 1.54) is 0 Å². The highest BCUT2D eigenvalue weighted by Crippen LogP contribution is 2.24. The molecule has 0 bridgehead atoms. The van der Waals surface area contributed by atoms with E-state index < -0.39 is 0 Å². The van der Waals surface area contributed by atoms with Crippen LogP contribution < -0.4 is 16.0 Å². The van der Waals surface area contributed by atoms with Crippen LogP contribution in [-0.4, -0.2) is 6.67 Å². The van der Waals surface area contributed by atoms with Crippen molar-refractivity contribution in [2.24, 2.45) is 0 Å². The molecule has 1 aliphatic rings. The Balaban J connectivity index is 0.00000176.